The Kier molecular flexibility index (Phi) is 4.04. The van der Waals surface area contributed by atoms with Crippen molar-refractivity contribution in [3.8, 4) is 0 Å². The molecule has 0 unspecified atom stereocenters. The molecule has 0 saturated heterocycles. The van der Waals surface area contributed by atoms with Crippen molar-refractivity contribution in [1.82, 2.24) is 10.6 Å². The topological polar surface area (TPSA) is 67.1 Å². The van der Waals surface area contributed by atoms with Crippen molar-refractivity contribution in [2.45, 2.75) is 69.5 Å². The number of urea groups is 1. The molecule has 0 bridgehead atoms. The van der Waals surface area contributed by atoms with Gasteiger partial charge in [0.1, 0.15) is 0 Å². The van der Waals surface area contributed by atoms with Crippen molar-refractivity contribution < 1.29 is 4.79 Å². The lowest BCUT2D eigenvalue weighted by Crippen LogP contribution is -2.53. The Balaban J connectivity index is 1.72. The average molecular weight is 225 g/mol. The molecule has 0 aromatic rings. The van der Waals surface area contributed by atoms with E-state index in [0.29, 0.717) is 6.04 Å². The van der Waals surface area contributed by atoms with Gasteiger partial charge in [-0.05, 0) is 25.7 Å². The molecule has 2 atom stereocenters. The van der Waals surface area contributed by atoms with E-state index in [2.05, 4.69) is 10.6 Å². The van der Waals surface area contributed by atoms with Gasteiger partial charge in [0.15, 0.2) is 0 Å². The molecule has 2 aliphatic carbocycles. The predicted molar refractivity (Wildman–Crippen MR) is 64.2 cm³/mol. The standard InChI is InChI=1S/C12H23N3O/c13-10-7-3-4-8-11(10)15-12(16)14-9-5-1-2-6-9/h9-11H,1-8,13H2,(H2,14,15,16)/t10-,11-/m1/s1. The van der Waals surface area contributed by atoms with E-state index in [1.807, 2.05) is 0 Å². The van der Waals surface area contributed by atoms with Crippen LogP contribution in [-0.4, -0.2) is 24.2 Å². The van der Waals surface area contributed by atoms with Crippen LogP contribution in [0.15, 0.2) is 0 Å². The summed E-state index contributed by atoms with van der Waals surface area (Å²) in [6, 6.07) is 0.687. The van der Waals surface area contributed by atoms with E-state index in [9.17, 15) is 4.79 Å². The van der Waals surface area contributed by atoms with E-state index in [4.69, 9.17) is 5.73 Å². The van der Waals surface area contributed by atoms with Gasteiger partial charge in [0, 0.05) is 18.1 Å². The molecule has 0 aliphatic heterocycles. The van der Waals surface area contributed by atoms with E-state index < -0.39 is 0 Å². The summed E-state index contributed by atoms with van der Waals surface area (Å²) < 4.78 is 0. The van der Waals surface area contributed by atoms with Crippen LogP contribution in [0.3, 0.4) is 0 Å². The molecule has 16 heavy (non-hydrogen) atoms. The summed E-state index contributed by atoms with van der Waals surface area (Å²) in [6.07, 6.45) is 9.19. The van der Waals surface area contributed by atoms with E-state index >= 15 is 0 Å². The van der Waals surface area contributed by atoms with Crippen molar-refractivity contribution in [3.63, 3.8) is 0 Å². The molecule has 2 aliphatic rings. The lowest BCUT2D eigenvalue weighted by atomic mass is 9.91. The zero-order valence-electron chi connectivity index (χ0n) is 9.87. The molecule has 0 heterocycles. The molecular formula is C12H23N3O. The molecule has 0 radical (unpaired) electrons. The number of hydrogen-bond donors (Lipinski definition) is 3. The number of nitrogens with one attached hydrogen (secondary N) is 2. The Hall–Kier alpha value is -0.770. The van der Waals surface area contributed by atoms with Crippen molar-refractivity contribution in [2.75, 3.05) is 0 Å². The van der Waals surface area contributed by atoms with Crippen molar-refractivity contribution in [1.29, 1.82) is 0 Å². The van der Waals surface area contributed by atoms with E-state index in [-0.39, 0.29) is 18.1 Å². The third-order valence-electron chi connectivity index (χ3n) is 3.83. The summed E-state index contributed by atoms with van der Waals surface area (Å²) in [4.78, 5) is 11.7. The highest BCUT2D eigenvalue weighted by Gasteiger charge is 2.24. The van der Waals surface area contributed by atoms with Gasteiger partial charge < -0.3 is 16.4 Å². The van der Waals surface area contributed by atoms with Crippen LogP contribution < -0.4 is 16.4 Å². The van der Waals surface area contributed by atoms with Crippen LogP contribution >= 0.6 is 0 Å². The summed E-state index contributed by atoms with van der Waals surface area (Å²) in [5, 5.41) is 6.06. The molecule has 2 saturated carbocycles. The third-order valence-corrected chi connectivity index (χ3v) is 3.83. The molecule has 0 aromatic heterocycles. The monoisotopic (exact) mass is 225 g/mol. The maximum Gasteiger partial charge on any atom is 0.315 e. The van der Waals surface area contributed by atoms with Gasteiger partial charge in [-0.2, -0.15) is 0 Å². The quantitative estimate of drug-likeness (QED) is 0.666. The smallest absolute Gasteiger partial charge is 0.315 e. The fraction of sp³-hybridized carbons (Fsp3) is 0.917. The van der Waals surface area contributed by atoms with E-state index in [0.717, 1.165) is 25.7 Å². The Morgan fingerprint density at radius 2 is 1.56 bits per heavy atom. The minimum atomic E-state index is -0.0192. The fourth-order valence-corrected chi connectivity index (χ4v) is 2.80. The molecule has 4 N–H and O–H groups in total. The SMILES string of the molecule is N[C@@H]1CCCC[C@H]1NC(=O)NC1CCCC1. The number of hydrogen-bond acceptors (Lipinski definition) is 2. The molecular weight excluding hydrogens is 202 g/mol. The first-order chi connectivity index (χ1) is 7.75. The Bertz CT molecular complexity index is 238. The fourth-order valence-electron chi connectivity index (χ4n) is 2.80. The van der Waals surface area contributed by atoms with E-state index in [1.165, 1.54) is 25.7 Å². The van der Waals surface area contributed by atoms with Crippen LogP contribution in [0.4, 0.5) is 4.79 Å². The highest BCUT2D eigenvalue weighted by atomic mass is 16.2. The van der Waals surface area contributed by atoms with Crippen molar-refractivity contribution >= 4 is 6.03 Å². The summed E-state index contributed by atoms with van der Waals surface area (Å²) >= 11 is 0. The summed E-state index contributed by atoms with van der Waals surface area (Å²) in [5.74, 6) is 0. The number of rotatable bonds is 2. The van der Waals surface area contributed by atoms with Gasteiger partial charge >= 0.3 is 6.03 Å². The molecule has 4 nitrogen and oxygen atoms in total. The number of nitrogens with two attached hydrogens (primary N) is 1. The zero-order chi connectivity index (χ0) is 11.4. The van der Waals surface area contributed by atoms with Crippen LogP contribution in [0.25, 0.3) is 0 Å². The number of carbonyl (C=O) groups is 1. The zero-order valence-corrected chi connectivity index (χ0v) is 9.87. The average Bonchev–Trinajstić information content (AvgIpc) is 2.74. The molecule has 2 amide bonds. The number of amides is 2. The maximum absolute atomic E-state index is 11.7. The van der Waals surface area contributed by atoms with Crippen LogP contribution in [0.1, 0.15) is 51.4 Å². The molecule has 92 valence electrons. The lowest BCUT2D eigenvalue weighted by molar-refractivity contribution is 0.225. The van der Waals surface area contributed by atoms with Gasteiger partial charge in [-0.15, -0.1) is 0 Å². The summed E-state index contributed by atoms with van der Waals surface area (Å²) in [5.41, 5.74) is 5.99. The second-order valence-electron chi connectivity index (χ2n) is 5.15. The lowest BCUT2D eigenvalue weighted by Gasteiger charge is -2.29. The molecule has 0 aromatic carbocycles. The second kappa shape index (κ2) is 5.53. The van der Waals surface area contributed by atoms with E-state index in [1.54, 1.807) is 0 Å². The van der Waals surface area contributed by atoms with Crippen molar-refractivity contribution in [3.05, 3.63) is 0 Å². The van der Waals surface area contributed by atoms with Gasteiger partial charge in [-0.25, -0.2) is 4.79 Å². The van der Waals surface area contributed by atoms with Crippen LogP contribution in [0.5, 0.6) is 0 Å². The van der Waals surface area contributed by atoms with Crippen LogP contribution in [-0.2, 0) is 0 Å². The van der Waals surface area contributed by atoms with Gasteiger partial charge in [-0.1, -0.05) is 25.7 Å². The van der Waals surface area contributed by atoms with Crippen molar-refractivity contribution in [2.24, 2.45) is 5.73 Å². The van der Waals surface area contributed by atoms with Gasteiger partial charge in [0.25, 0.3) is 0 Å². The maximum atomic E-state index is 11.7. The van der Waals surface area contributed by atoms with Gasteiger partial charge in [-0.3, -0.25) is 0 Å². The molecule has 0 spiro atoms. The summed E-state index contributed by atoms with van der Waals surface area (Å²) in [7, 11) is 0. The first-order valence-corrected chi connectivity index (χ1v) is 6.58. The van der Waals surface area contributed by atoms with Gasteiger partial charge in [0.2, 0.25) is 0 Å². The number of carbonyl (C=O) groups excluding carboxylic acids is 1. The van der Waals surface area contributed by atoms with Crippen LogP contribution in [0.2, 0.25) is 0 Å². The second-order valence-corrected chi connectivity index (χ2v) is 5.15. The molecule has 4 heteroatoms. The summed E-state index contributed by atoms with van der Waals surface area (Å²) in [6.45, 7) is 0. The predicted octanol–water partition coefficient (Wildman–Crippen LogP) is 1.50. The third kappa shape index (κ3) is 3.11. The first kappa shape index (κ1) is 11.7. The minimum Gasteiger partial charge on any atom is -0.335 e. The minimum absolute atomic E-state index is 0.0192. The Labute approximate surface area is 97.3 Å². The Morgan fingerprint density at radius 3 is 2.25 bits per heavy atom. The highest BCUT2D eigenvalue weighted by Crippen LogP contribution is 2.18. The normalized spacial score (nSPS) is 31.3. The highest BCUT2D eigenvalue weighted by molar-refractivity contribution is 5.74. The van der Waals surface area contributed by atoms with Crippen LogP contribution in [0, 0.1) is 0 Å². The Morgan fingerprint density at radius 1 is 0.938 bits per heavy atom. The largest absolute Gasteiger partial charge is 0.335 e. The van der Waals surface area contributed by atoms with Gasteiger partial charge in [0.05, 0.1) is 0 Å². The molecule has 2 rings (SSSR count). The first-order valence-electron chi connectivity index (χ1n) is 6.58. The molecule has 2 fully saturated rings.